The second kappa shape index (κ2) is 6.88. The number of aliphatic hydroxyl groups is 1. The number of carbonyl (C=O) groups excluding carboxylic acids is 1. The van der Waals surface area contributed by atoms with E-state index in [4.69, 9.17) is 0 Å². The maximum Gasteiger partial charge on any atom is 0.319 e. The van der Waals surface area contributed by atoms with Crippen molar-refractivity contribution in [3.8, 4) is 0 Å². The molecule has 1 aromatic carbocycles. The number of anilines is 1. The molecule has 0 aromatic heterocycles. The molecule has 1 rings (SSSR count). The van der Waals surface area contributed by atoms with Gasteiger partial charge in [0.15, 0.2) is 0 Å². The lowest BCUT2D eigenvalue weighted by Crippen LogP contribution is -2.39. The third-order valence-electron chi connectivity index (χ3n) is 2.11. The highest BCUT2D eigenvalue weighted by molar-refractivity contribution is 5.89. The summed E-state index contributed by atoms with van der Waals surface area (Å²) in [6.07, 6.45) is -0.563. The predicted octanol–water partition coefficient (Wildman–Crippen LogP) is 0.731. The number of aliphatic hydroxyl groups excluding tert-OH is 1. The summed E-state index contributed by atoms with van der Waals surface area (Å²) in [5.41, 5.74) is 0.729. The quantitative estimate of drug-likeness (QED) is 0.707. The van der Waals surface area contributed by atoms with E-state index >= 15 is 0 Å². The van der Waals surface area contributed by atoms with Gasteiger partial charge in [-0.15, -0.1) is 0 Å². The number of benzene rings is 1. The molecule has 0 unspecified atom stereocenters. The molecule has 0 aliphatic heterocycles. The zero-order chi connectivity index (χ0) is 12.7. The van der Waals surface area contributed by atoms with Crippen LogP contribution in [-0.4, -0.2) is 49.3 Å². The summed E-state index contributed by atoms with van der Waals surface area (Å²) in [6.45, 7) is 0.752. The van der Waals surface area contributed by atoms with E-state index in [9.17, 15) is 9.90 Å². The van der Waals surface area contributed by atoms with Crippen LogP contribution in [0.15, 0.2) is 30.3 Å². The minimum atomic E-state index is -0.563. The largest absolute Gasteiger partial charge is 0.390 e. The average Bonchev–Trinajstić information content (AvgIpc) is 2.27. The molecule has 0 saturated heterocycles. The van der Waals surface area contributed by atoms with Gasteiger partial charge in [-0.1, -0.05) is 18.2 Å². The third kappa shape index (κ3) is 5.89. The summed E-state index contributed by atoms with van der Waals surface area (Å²) < 4.78 is 0. The number of rotatable bonds is 5. The lowest BCUT2D eigenvalue weighted by molar-refractivity contribution is 0.136. The standard InChI is InChI=1S/C12H19N3O2/c1-15(2)9-11(16)8-13-12(17)14-10-6-4-3-5-7-10/h3-7,11,16H,8-9H2,1-2H3,(H2,13,14,17)/t11-/m0/s1. The molecular weight excluding hydrogens is 218 g/mol. The molecule has 0 aliphatic carbocycles. The Morgan fingerprint density at radius 1 is 1.35 bits per heavy atom. The van der Waals surface area contributed by atoms with Crippen LogP contribution < -0.4 is 10.6 Å². The summed E-state index contributed by atoms with van der Waals surface area (Å²) in [5, 5.41) is 14.8. The van der Waals surface area contributed by atoms with E-state index < -0.39 is 6.10 Å². The third-order valence-corrected chi connectivity index (χ3v) is 2.11. The van der Waals surface area contributed by atoms with Gasteiger partial charge in [0.1, 0.15) is 0 Å². The van der Waals surface area contributed by atoms with Crippen LogP contribution in [0, 0.1) is 0 Å². The summed E-state index contributed by atoms with van der Waals surface area (Å²) in [4.78, 5) is 13.3. The lowest BCUT2D eigenvalue weighted by atomic mass is 10.3. The van der Waals surface area contributed by atoms with Crippen molar-refractivity contribution in [2.75, 3.05) is 32.5 Å². The molecule has 0 saturated carbocycles. The van der Waals surface area contributed by atoms with Crippen LogP contribution in [0.1, 0.15) is 0 Å². The van der Waals surface area contributed by atoms with Crippen molar-refractivity contribution in [2.24, 2.45) is 0 Å². The molecule has 0 heterocycles. The molecule has 0 aliphatic rings. The zero-order valence-electron chi connectivity index (χ0n) is 10.2. The van der Waals surface area contributed by atoms with Crippen molar-refractivity contribution in [1.29, 1.82) is 0 Å². The first-order chi connectivity index (χ1) is 8.08. The Labute approximate surface area is 101 Å². The number of hydrogen-bond acceptors (Lipinski definition) is 3. The molecule has 0 fully saturated rings. The monoisotopic (exact) mass is 237 g/mol. The first kappa shape index (κ1) is 13.5. The molecule has 94 valence electrons. The van der Waals surface area contributed by atoms with Gasteiger partial charge in [-0.2, -0.15) is 0 Å². The van der Waals surface area contributed by atoms with Gasteiger partial charge in [-0.3, -0.25) is 0 Å². The van der Waals surface area contributed by atoms with Crippen LogP contribution in [0.4, 0.5) is 10.5 Å². The number of likely N-dealkylation sites (N-methyl/N-ethyl adjacent to an activating group) is 1. The summed E-state index contributed by atoms with van der Waals surface area (Å²) >= 11 is 0. The first-order valence-corrected chi connectivity index (χ1v) is 5.50. The van der Waals surface area contributed by atoms with Gasteiger partial charge in [-0.05, 0) is 26.2 Å². The molecule has 3 N–H and O–H groups in total. The van der Waals surface area contributed by atoms with Gasteiger partial charge in [0.2, 0.25) is 0 Å². The van der Waals surface area contributed by atoms with Gasteiger partial charge in [0.25, 0.3) is 0 Å². The van der Waals surface area contributed by atoms with Crippen LogP contribution in [0.3, 0.4) is 0 Å². The molecule has 1 atom stereocenters. The van der Waals surface area contributed by atoms with Crippen LogP contribution in [0.25, 0.3) is 0 Å². The molecule has 5 heteroatoms. The second-order valence-electron chi connectivity index (χ2n) is 4.12. The molecule has 0 bridgehead atoms. The maximum atomic E-state index is 11.5. The van der Waals surface area contributed by atoms with E-state index in [0.29, 0.717) is 6.54 Å². The Kier molecular flexibility index (Phi) is 5.45. The molecular formula is C12H19N3O2. The number of carbonyl (C=O) groups is 1. The maximum absolute atomic E-state index is 11.5. The Balaban J connectivity index is 2.26. The number of para-hydroxylation sites is 1. The second-order valence-corrected chi connectivity index (χ2v) is 4.12. The van der Waals surface area contributed by atoms with E-state index in [2.05, 4.69) is 10.6 Å². The lowest BCUT2D eigenvalue weighted by Gasteiger charge is -2.16. The fraction of sp³-hybridized carbons (Fsp3) is 0.417. The highest BCUT2D eigenvalue weighted by Gasteiger charge is 2.07. The number of amides is 2. The van der Waals surface area contributed by atoms with Crippen molar-refractivity contribution in [3.63, 3.8) is 0 Å². The Bertz CT molecular complexity index is 341. The van der Waals surface area contributed by atoms with E-state index in [1.807, 2.05) is 37.2 Å². The zero-order valence-corrected chi connectivity index (χ0v) is 10.2. The predicted molar refractivity (Wildman–Crippen MR) is 68.0 cm³/mol. The van der Waals surface area contributed by atoms with E-state index in [-0.39, 0.29) is 12.6 Å². The van der Waals surface area contributed by atoms with Crippen molar-refractivity contribution in [2.45, 2.75) is 6.10 Å². The van der Waals surface area contributed by atoms with Crippen molar-refractivity contribution in [1.82, 2.24) is 10.2 Å². The fourth-order valence-electron chi connectivity index (χ4n) is 1.39. The number of nitrogens with one attached hydrogen (secondary N) is 2. The molecule has 5 nitrogen and oxygen atoms in total. The van der Waals surface area contributed by atoms with E-state index in [1.54, 1.807) is 12.1 Å². The van der Waals surface area contributed by atoms with Crippen LogP contribution in [0.5, 0.6) is 0 Å². The van der Waals surface area contributed by atoms with Crippen molar-refractivity contribution in [3.05, 3.63) is 30.3 Å². The highest BCUT2D eigenvalue weighted by Crippen LogP contribution is 2.03. The number of nitrogens with zero attached hydrogens (tertiary/aromatic N) is 1. The Morgan fingerprint density at radius 3 is 2.59 bits per heavy atom. The SMILES string of the molecule is CN(C)C[C@@H](O)CNC(=O)Nc1ccccc1. The van der Waals surface area contributed by atoms with Gasteiger partial charge in [-0.25, -0.2) is 4.79 Å². The molecule has 17 heavy (non-hydrogen) atoms. The summed E-state index contributed by atoms with van der Waals surface area (Å²) in [6, 6.07) is 8.86. The minimum Gasteiger partial charge on any atom is -0.390 e. The van der Waals surface area contributed by atoms with Gasteiger partial charge in [0, 0.05) is 18.8 Å². The summed E-state index contributed by atoms with van der Waals surface area (Å²) in [7, 11) is 3.74. The molecule has 1 aromatic rings. The highest BCUT2D eigenvalue weighted by atomic mass is 16.3. The number of urea groups is 1. The van der Waals surface area contributed by atoms with Gasteiger partial charge >= 0.3 is 6.03 Å². The molecule has 0 radical (unpaired) electrons. The van der Waals surface area contributed by atoms with Crippen LogP contribution in [0.2, 0.25) is 0 Å². The van der Waals surface area contributed by atoms with E-state index in [1.165, 1.54) is 0 Å². The van der Waals surface area contributed by atoms with Crippen molar-refractivity contribution >= 4 is 11.7 Å². The van der Waals surface area contributed by atoms with E-state index in [0.717, 1.165) is 5.69 Å². The number of hydrogen-bond donors (Lipinski definition) is 3. The summed E-state index contributed by atoms with van der Waals surface area (Å²) in [5.74, 6) is 0. The Morgan fingerprint density at radius 2 is 2.00 bits per heavy atom. The molecule has 0 spiro atoms. The van der Waals surface area contributed by atoms with Gasteiger partial charge < -0.3 is 20.6 Å². The fourth-order valence-corrected chi connectivity index (χ4v) is 1.39. The minimum absolute atomic E-state index is 0.233. The smallest absolute Gasteiger partial charge is 0.319 e. The Hall–Kier alpha value is -1.59. The molecule has 2 amide bonds. The van der Waals surface area contributed by atoms with Gasteiger partial charge in [0.05, 0.1) is 6.10 Å². The first-order valence-electron chi connectivity index (χ1n) is 5.50. The average molecular weight is 237 g/mol. The normalized spacial score (nSPS) is 12.2. The topological polar surface area (TPSA) is 64.6 Å². The van der Waals surface area contributed by atoms with Crippen LogP contribution >= 0.6 is 0 Å². The van der Waals surface area contributed by atoms with Crippen LogP contribution in [-0.2, 0) is 0 Å². The van der Waals surface area contributed by atoms with Crippen molar-refractivity contribution < 1.29 is 9.90 Å².